The SMILES string of the molecule is COC(=O)C/C(=C/I)C(NS(=O)(=O)c1ccc(C)cc1)c1ccc(F)cc1. The van der Waals surface area contributed by atoms with Gasteiger partial charge in [-0.1, -0.05) is 52.4 Å². The Labute approximate surface area is 171 Å². The number of sulfonamides is 1. The molecule has 0 bridgehead atoms. The molecule has 0 aliphatic heterocycles. The molecule has 0 saturated heterocycles. The number of rotatable bonds is 7. The molecule has 0 saturated carbocycles. The number of esters is 1. The van der Waals surface area contributed by atoms with Gasteiger partial charge in [-0.25, -0.2) is 12.8 Å². The zero-order valence-corrected chi connectivity index (χ0v) is 17.8. The Hall–Kier alpha value is -1.78. The second kappa shape index (κ2) is 9.43. The Bertz CT molecular complexity index is 925. The van der Waals surface area contributed by atoms with Crippen molar-refractivity contribution in [2.75, 3.05) is 7.11 Å². The van der Waals surface area contributed by atoms with Crippen molar-refractivity contribution in [1.82, 2.24) is 4.72 Å². The second-order valence-electron chi connectivity index (χ2n) is 5.86. The summed E-state index contributed by atoms with van der Waals surface area (Å²) in [6, 6.07) is 11.0. The third kappa shape index (κ3) is 5.85. The van der Waals surface area contributed by atoms with Crippen molar-refractivity contribution >= 4 is 38.6 Å². The van der Waals surface area contributed by atoms with Crippen LogP contribution in [-0.2, 0) is 19.6 Å². The highest BCUT2D eigenvalue weighted by atomic mass is 127. The smallest absolute Gasteiger partial charge is 0.309 e. The first-order valence-electron chi connectivity index (χ1n) is 7.97. The summed E-state index contributed by atoms with van der Waals surface area (Å²) in [5.74, 6) is -0.938. The standard InChI is InChI=1S/C19H19FINO4S/c1-13-3-9-17(10-4-13)27(24,25)22-19(14-5-7-16(20)8-6-14)15(12-21)11-18(23)26-2/h3-10,12,19,22H,11H2,1-2H3/b15-12-. The fourth-order valence-corrected chi connectivity index (χ4v) is 4.20. The number of carbonyl (C=O) groups excluding carboxylic acids is 1. The van der Waals surface area contributed by atoms with Gasteiger partial charge in [-0.2, -0.15) is 4.72 Å². The lowest BCUT2D eigenvalue weighted by Crippen LogP contribution is -2.30. The summed E-state index contributed by atoms with van der Waals surface area (Å²) in [7, 11) is -2.61. The maximum Gasteiger partial charge on any atom is 0.309 e. The van der Waals surface area contributed by atoms with Gasteiger partial charge in [0, 0.05) is 0 Å². The number of aryl methyl sites for hydroxylation is 1. The zero-order valence-electron chi connectivity index (χ0n) is 14.8. The average Bonchev–Trinajstić information content (AvgIpc) is 2.65. The summed E-state index contributed by atoms with van der Waals surface area (Å²) in [4.78, 5) is 11.8. The van der Waals surface area contributed by atoms with Crippen LogP contribution in [-0.4, -0.2) is 21.5 Å². The van der Waals surface area contributed by atoms with Crippen molar-refractivity contribution in [3.05, 3.63) is 75.1 Å². The monoisotopic (exact) mass is 503 g/mol. The molecule has 0 heterocycles. The molecule has 5 nitrogen and oxygen atoms in total. The highest BCUT2D eigenvalue weighted by Crippen LogP contribution is 2.28. The van der Waals surface area contributed by atoms with E-state index in [2.05, 4.69) is 4.72 Å². The molecule has 0 aliphatic rings. The lowest BCUT2D eigenvalue weighted by atomic mass is 9.98. The number of hydrogen-bond acceptors (Lipinski definition) is 4. The third-order valence-electron chi connectivity index (χ3n) is 3.89. The fourth-order valence-electron chi connectivity index (χ4n) is 2.40. The van der Waals surface area contributed by atoms with Crippen LogP contribution in [0.5, 0.6) is 0 Å². The lowest BCUT2D eigenvalue weighted by Gasteiger charge is -2.22. The second-order valence-corrected chi connectivity index (χ2v) is 8.19. The molecular formula is C19H19FINO4S. The zero-order chi connectivity index (χ0) is 20.0. The number of carbonyl (C=O) groups is 1. The quantitative estimate of drug-likeness (QED) is 0.458. The first-order valence-corrected chi connectivity index (χ1v) is 10.7. The number of hydrogen-bond donors (Lipinski definition) is 1. The first kappa shape index (κ1) is 21.5. The maximum atomic E-state index is 13.3. The molecule has 2 aromatic rings. The van der Waals surface area contributed by atoms with Gasteiger partial charge in [0.05, 0.1) is 24.5 Å². The number of halogens is 2. The molecule has 0 spiro atoms. The highest BCUT2D eigenvalue weighted by Gasteiger charge is 2.26. The van der Waals surface area contributed by atoms with Gasteiger partial charge in [-0.3, -0.25) is 4.79 Å². The van der Waals surface area contributed by atoms with Crippen LogP contribution in [0.25, 0.3) is 0 Å². The Balaban J connectivity index is 2.43. The minimum atomic E-state index is -3.87. The van der Waals surface area contributed by atoms with E-state index < -0.39 is 27.9 Å². The van der Waals surface area contributed by atoms with E-state index in [4.69, 9.17) is 4.74 Å². The van der Waals surface area contributed by atoms with Gasteiger partial charge in [0.1, 0.15) is 5.82 Å². The van der Waals surface area contributed by atoms with E-state index in [1.807, 2.05) is 29.5 Å². The van der Waals surface area contributed by atoms with Crippen molar-refractivity contribution in [3.63, 3.8) is 0 Å². The molecule has 0 aromatic heterocycles. The molecule has 1 unspecified atom stereocenters. The van der Waals surface area contributed by atoms with Crippen LogP contribution in [0.15, 0.2) is 63.1 Å². The van der Waals surface area contributed by atoms with E-state index in [0.717, 1.165) is 5.56 Å². The summed E-state index contributed by atoms with van der Waals surface area (Å²) in [6.45, 7) is 1.86. The molecule has 0 amide bonds. The van der Waals surface area contributed by atoms with Crippen LogP contribution in [0.4, 0.5) is 4.39 Å². The molecule has 1 atom stereocenters. The van der Waals surface area contributed by atoms with Gasteiger partial charge < -0.3 is 4.74 Å². The van der Waals surface area contributed by atoms with E-state index in [-0.39, 0.29) is 11.3 Å². The highest BCUT2D eigenvalue weighted by molar-refractivity contribution is 14.1. The topological polar surface area (TPSA) is 72.5 Å². The van der Waals surface area contributed by atoms with Crippen LogP contribution >= 0.6 is 22.6 Å². The molecule has 2 rings (SSSR count). The Kier molecular flexibility index (Phi) is 7.51. The van der Waals surface area contributed by atoms with Crippen LogP contribution in [0, 0.1) is 12.7 Å². The molecule has 0 radical (unpaired) electrons. The van der Waals surface area contributed by atoms with E-state index >= 15 is 0 Å². The van der Waals surface area contributed by atoms with Gasteiger partial charge in [-0.15, -0.1) is 0 Å². The third-order valence-corrected chi connectivity index (χ3v) is 6.13. The lowest BCUT2D eigenvalue weighted by molar-refractivity contribution is -0.139. The van der Waals surface area contributed by atoms with Gasteiger partial charge in [-0.05, 0) is 46.4 Å². The van der Waals surface area contributed by atoms with Crippen LogP contribution in [0.2, 0.25) is 0 Å². The molecule has 144 valence electrons. The molecule has 2 aromatic carbocycles. The predicted octanol–water partition coefficient (Wildman–Crippen LogP) is 4.04. The average molecular weight is 503 g/mol. The molecule has 0 aliphatic carbocycles. The van der Waals surface area contributed by atoms with E-state index in [0.29, 0.717) is 11.1 Å². The van der Waals surface area contributed by atoms with Crippen molar-refractivity contribution in [2.45, 2.75) is 24.3 Å². The van der Waals surface area contributed by atoms with Crippen molar-refractivity contribution in [1.29, 1.82) is 0 Å². The summed E-state index contributed by atoms with van der Waals surface area (Å²) in [5.41, 5.74) is 1.94. The first-order chi connectivity index (χ1) is 12.8. The summed E-state index contributed by atoms with van der Waals surface area (Å²) in [6.07, 6.45) is -0.0993. The fraction of sp³-hybridized carbons (Fsp3) is 0.211. The molecular weight excluding hydrogens is 484 g/mol. The molecule has 1 N–H and O–H groups in total. The van der Waals surface area contributed by atoms with E-state index in [1.54, 1.807) is 16.2 Å². The number of benzene rings is 2. The van der Waals surface area contributed by atoms with Crippen molar-refractivity contribution in [2.24, 2.45) is 0 Å². The van der Waals surface area contributed by atoms with Crippen molar-refractivity contribution < 1.29 is 22.3 Å². The molecule has 27 heavy (non-hydrogen) atoms. The number of nitrogens with one attached hydrogen (secondary N) is 1. The summed E-state index contributed by atoms with van der Waals surface area (Å²) < 4.78 is 47.9. The number of methoxy groups -OCH3 is 1. The number of ether oxygens (including phenoxy) is 1. The minimum Gasteiger partial charge on any atom is -0.469 e. The Morgan fingerprint density at radius 2 is 1.78 bits per heavy atom. The van der Waals surface area contributed by atoms with Crippen LogP contribution < -0.4 is 4.72 Å². The molecule has 0 fully saturated rings. The van der Waals surface area contributed by atoms with Crippen LogP contribution in [0.3, 0.4) is 0 Å². The normalized spacial score (nSPS) is 13.3. The van der Waals surface area contributed by atoms with Gasteiger partial charge >= 0.3 is 5.97 Å². The van der Waals surface area contributed by atoms with Gasteiger partial charge in [0.2, 0.25) is 10.0 Å². The maximum absolute atomic E-state index is 13.3. The predicted molar refractivity (Wildman–Crippen MR) is 109 cm³/mol. The van der Waals surface area contributed by atoms with Gasteiger partial charge in [0.15, 0.2) is 0 Å². The van der Waals surface area contributed by atoms with Crippen LogP contribution in [0.1, 0.15) is 23.6 Å². The van der Waals surface area contributed by atoms with E-state index in [9.17, 15) is 17.6 Å². The minimum absolute atomic E-state index is 0.0993. The Morgan fingerprint density at radius 3 is 2.30 bits per heavy atom. The molecule has 8 heteroatoms. The summed E-state index contributed by atoms with van der Waals surface area (Å²) >= 11 is 1.94. The summed E-state index contributed by atoms with van der Waals surface area (Å²) in [5, 5.41) is 0. The van der Waals surface area contributed by atoms with E-state index in [1.165, 1.54) is 43.5 Å². The van der Waals surface area contributed by atoms with Crippen molar-refractivity contribution in [3.8, 4) is 0 Å². The van der Waals surface area contributed by atoms with Gasteiger partial charge in [0.25, 0.3) is 0 Å². The Morgan fingerprint density at radius 1 is 1.19 bits per heavy atom. The largest absolute Gasteiger partial charge is 0.469 e.